The quantitative estimate of drug-likeness (QED) is 0.506. The van der Waals surface area contributed by atoms with E-state index in [9.17, 15) is 13.6 Å². The van der Waals surface area contributed by atoms with Gasteiger partial charge in [-0.2, -0.15) is 0 Å². The first-order valence-corrected chi connectivity index (χ1v) is 13.0. The Morgan fingerprint density at radius 1 is 1.29 bits per heavy atom. The summed E-state index contributed by atoms with van der Waals surface area (Å²) in [6.07, 6.45) is 0.960. The van der Waals surface area contributed by atoms with Crippen LogP contribution in [0.15, 0.2) is 12.3 Å². The molecule has 0 aromatic carbocycles. The van der Waals surface area contributed by atoms with Gasteiger partial charge < -0.3 is 19.7 Å². The molecule has 3 atom stereocenters. The van der Waals surface area contributed by atoms with Crippen molar-refractivity contribution < 1.29 is 23.0 Å². The lowest BCUT2D eigenvalue weighted by atomic mass is 9.91. The first kappa shape index (κ1) is 33.1. The molecule has 2 saturated heterocycles. The number of ether oxygens (including phenoxy) is 2. The molecular weight excluding hydrogens is 539 g/mol. The number of carbonyl (C=O) groups excluding carboxylic acids is 1. The van der Waals surface area contributed by atoms with Gasteiger partial charge in [0.05, 0.1) is 43.8 Å². The van der Waals surface area contributed by atoms with Gasteiger partial charge in [-0.1, -0.05) is 20.8 Å². The molecule has 1 N–H and O–H groups in total. The molecule has 0 spiro atoms. The molecule has 12 heteroatoms. The zero-order chi connectivity index (χ0) is 26.1. The second-order valence-electron chi connectivity index (χ2n) is 11.1. The van der Waals surface area contributed by atoms with Crippen LogP contribution in [0.4, 0.5) is 14.5 Å². The first-order chi connectivity index (χ1) is 17.1. The highest BCUT2D eigenvalue weighted by Crippen LogP contribution is 2.42. The number of aromatic nitrogens is 1. The van der Waals surface area contributed by atoms with Gasteiger partial charge in [-0.05, 0) is 13.0 Å². The van der Waals surface area contributed by atoms with Crippen LogP contribution in [0.2, 0.25) is 0 Å². The molecule has 4 heterocycles. The molecule has 8 nitrogen and oxygen atoms in total. The van der Waals surface area contributed by atoms with Gasteiger partial charge in [0.25, 0.3) is 5.92 Å². The Bertz CT molecular complexity index is 940. The summed E-state index contributed by atoms with van der Waals surface area (Å²) >= 11 is 0. The Balaban J connectivity index is 0.00000253. The molecule has 0 unspecified atom stereocenters. The molecular formula is C26H43Cl2F2N5O3. The summed E-state index contributed by atoms with van der Waals surface area (Å²) in [5.41, 5.74) is 0.683. The maximum Gasteiger partial charge on any atom is 0.274 e. The molecule has 1 aromatic heterocycles. The number of amides is 1. The fourth-order valence-corrected chi connectivity index (χ4v) is 5.57. The second-order valence-corrected chi connectivity index (χ2v) is 11.1. The summed E-state index contributed by atoms with van der Waals surface area (Å²) in [5, 5.41) is 3.55. The molecule has 1 amide bonds. The highest BCUT2D eigenvalue weighted by atomic mass is 35.5. The number of carbonyl (C=O) groups is 1. The lowest BCUT2D eigenvalue weighted by Gasteiger charge is -2.44. The highest BCUT2D eigenvalue weighted by Gasteiger charge is 2.42. The van der Waals surface area contributed by atoms with Gasteiger partial charge in [0.15, 0.2) is 0 Å². The Labute approximate surface area is 237 Å². The Morgan fingerprint density at radius 2 is 2.03 bits per heavy atom. The van der Waals surface area contributed by atoms with E-state index in [1.807, 2.05) is 13.8 Å². The summed E-state index contributed by atoms with van der Waals surface area (Å²) in [5.74, 6) is -3.05. The van der Waals surface area contributed by atoms with Gasteiger partial charge in [-0.3, -0.25) is 19.6 Å². The van der Waals surface area contributed by atoms with Gasteiger partial charge in [0.2, 0.25) is 5.91 Å². The third-order valence-electron chi connectivity index (χ3n) is 7.74. The van der Waals surface area contributed by atoms with Crippen LogP contribution in [0.25, 0.3) is 0 Å². The number of nitrogens with zero attached hydrogens (tertiary/aromatic N) is 4. The number of piperazine rings is 1. The minimum absolute atomic E-state index is 0. The fourth-order valence-electron chi connectivity index (χ4n) is 5.57. The zero-order valence-corrected chi connectivity index (χ0v) is 24.7. The largest absolute Gasteiger partial charge is 0.383 e. The molecule has 3 aliphatic heterocycles. The van der Waals surface area contributed by atoms with E-state index in [0.717, 1.165) is 26.2 Å². The van der Waals surface area contributed by atoms with E-state index in [-0.39, 0.29) is 67.4 Å². The summed E-state index contributed by atoms with van der Waals surface area (Å²) in [7, 11) is 1.70. The minimum atomic E-state index is -2.97. The number of anilines is 1. The summed E-state index contributed by atoms with van der Waals surface area (Å²) in [4.78, 5) is 24.4. The van der Waals surface area contributed by atoms with Crippen molar-refractivity contribution in [3.8, 4) is 0 Å². The molecule has 2 fully saturated rings. The minimum Gasteiger partial charge on any atom is -0.383 e. The van der Waals surface area contributed by atoms with Gasteiger partial charge >= 0.3 is 0 Å². The lowest BCUT2D eigenvalue weighted by molar-refractivity contribution is -0.121. The summed E-state index contributed by atoms with van der Waals surface area (Å²) in [6, 6.07) is 2.06. The molecule has 3 aliphatic rings. The van der Waals surface area contributed by atoms with Gasteiger partial charge in [-0.25, -0.2) is 8.78 Å². The van der Waals surface area contributed by atoms with Gasteiger partial charge in [0.1, 0.15) is 0 Å². The van der Waals surface area contributed by atoms with Crippen LogP contribution < -0.4 is 10.2 Å². The Morgan fingerprint density at radius 3 is 2.71 bits per heavy atom. The van der Waals surface area contributed by atoms with E-state index >= 15 is 0 Å². The third kappa shape index (κ3) is 7.13. The number of nitrogens with one attached hydrogen (secondary N) is 1. The number of alkyl halides is 2. The van der Waals surface area contributed by atoms with E-state index < -0.39 is 11.3 Å². The maximum atomic E-state index is 14.5. The van der Waals surface area contributed by atoms with Crippen LogP contribution in [0.3, 0.4) is 0 Å². The van der Waals surface area contributed by atoms with E-state index in [2.05, 4.69) is 27.0 Å². The predicted octanol–water partition coefficient (Wildman–Crippen LogP) is 3.06. The lowest BCUT2D eigenvalue weighted by Crippen LogP contribution is -2.62. The normalized spacial score (nSPS) is 25.9. The number of rotatable bonds is 8. The molecule has 0 radical (unpaired) electrons. The standard InChI is InChI=1S/C26H41F2N5O3.2ClH/c1-6-26(27,28)19-9-22-24(30-10-19)25(3,4)17-33(22)23(34)14-32-12-18(2)29-11-20(32)13-31-7-8-36-16-21(31)15-35-5;;/h9-10,18,20-21,29H,6-8,11-17H2,1-5H3;2*1H/t18-,20-,21-;;/m1../s1. The van der Waals surface area contributed by atoms with E-state index in [1.54, 1.807) is 12.0 Å². The smallest absolute Gasteiger partial charge is 0.274 e. The van der Waals surface area contributed by atoms with Crippen molar-refractivity contribution in [2.45, 2.75) is 63.6 Å². The van der Waals surface area contributed by atoms with Crippen molar-refractivity contribution in [2.24, 2.45) is 0 Å². The molecule has 0 bridgehead atoms. The van der Waals surface area contributed by atoms with Crippen LogP contribution in [0.5, 0.6) is 0 Å². The number of pyridine rings is 1. The van der Waals surface area contributed by atoms with Crippen LogP contribution in [0, 0.1) is 0 Å². The molecule has 0 aliphatic carbocycles. The average molecular weight is 583 g/mol. The highest BCUT2D eigenvalue weighted by molar-refractivity contribution is 5.97. The second kappa shape index (κ2) is 13.5. The van der Waals surface area contributed by atoms with Crippen molar-refractivity contribution >= 4 is 36.4 Å². The first-order valence-electron chi connectivity index (χ1n) is 13.0. The molecule has 1 aromatic rings. The van der Waals surface area contributed by atoms with Crippen LogP contribution in [-0.4, -0.2) is 105 Å². The number of morpholine rings is 1. The molecule has 218 valence electrons. The van der Waals surface area contributed by atoms with Crippen LogP contribution >= 0.6 is 24.8 Å². The van der Waals surface area contributed by atoms with Gasteiger partial charge in [0, 0.05) is 75.5 Å². The van der Waals surface area contributed by atoms with Crippen molar-refractivity contribution in [2.75, 3.05) is 71.1 Å². The average Bonchev–Trinajstić information content (AvgIpc) is 3.12. The topological polar surface area (TPSA) is 70.2 Å². The molecule has 0 saturated carbocycles. The molecule has 4 rings (SSSR count). The monoisotopic (exact) mass is 581 g/mol. The van der Waals surface area contributed by atoms with Crippen molar-refractivity contribution in [1.29, 1.82) is 0 Å². The Hall–Kier alpha value is -1.14. The number of hydrogen-bond donors (Lipinski definition) is 1. The van der Waals surface area contributed by atoms with Gasteiger partial charge in [-0.15, -0.1) is 24.8 Å². The zero-order valence-electron chi connectivity index (χ0n) is 23.0. The third-order valence-corrected chi connectivity index (χ3v) is 7.74. The summed E-state index contributed by atoms with van der Waals surface area (Å²) in [6.45, 7) is 13.3. The van der Waals surface area contributed by atoms with Crippen molar-refractivity contribution in [1.82, 2.24) is 20.1 Å². The SMILES string of the molecule is CCC(F)(F)c1cnc2c(c1)N(C(=O)CN1C[C@@H](C)NC[C@@H]1CN1CCOC[C@H]1COC)CC2(C)C.Cl.Cl. The van der Waals surface area contributed by atoms with Crippen molar-refractivity contribution in [3.63, 3.8) is 0 Å². The van der Waals surface area contributed by atoms with Crippen molar-refractivity contribution in [3.05, 3.63) is 23.5 Å². The van der Waals surface area contributed by atoms with Crippen LogP contribution in [0.1, 0.15) is 45.4 Å². The predicted molar refractivity (Wildman–Crippen MR) is 149 cm³/mol. The van der Waals surface area contributed by atoms with E-state index in [4.69, 9.17) is 9.47 Å². The number of hydrogen-bond acceptors (Lipinski definition) is 7. The number of fused-ring (bicyclic) bond motifs is 1. The number of methoxy groups -OCH3 is 1. The summed E-state index contributed by atoms with van der Waals surface area (Å²) < 4.78 is 40.0. The van der Waals surface area contributed by atoms with E-state index in [1.165, 1.54) is 19.2 Å². The number of halogens is 4. The Kier molecular flexibility index (Phi) is 11.7. The molecule has 38 heavy (non-hydrogen) atoms. The maximum absolute atomic E-state index is 14.5. The fraction of sp³-hybridized carbons (Fsp3) is 0.769. The van der Waals surface area contributed by atoms with Crippen LogP contribution in [-0.2, 0) is 25.6 Å². The van der Waals surface area contributed by atoms with E-state index in [0.29, 0.717) is 37.7 Å².